The minimum absolute atomic E-state index is 0.00592. The van der Waals surface area contributed by atoms with Crippen LogP contribution in [0, 0.1) is 17.0 Å². The van der Waals surface area contributed by atoms with Gasteiger partial charge in [0.15, 0.2) is 0 Å². The first-order chi connectivity index (χ1) is 15.5. The van der Waals surface area contributed by atoms with Gasteiger partial charge >= 0.3 is 11.8 Å². The summed E-state index contributed by atoms with van der Waals surface area (Å²) in [5.74, 6) is -0.234. The molecule has 1 aliphatic heterocycles. The molecule has 0 fully saturated rings. The zero-order valence-corrected chi connectivity index (χ0v) is 17.7. The number of aromatic hydroxyl groups is 1. The Morgan fingerprint density at radius 3 is 2.48 bits per heavy atom. The Labute approximate surface area is 188 Å². The smallest absolute Gasteiger partial charge is 0.416 e. The molecule has 3 aromatic rings. The Kier molecular flexibility index (Phi) is 5.75. The average Bonchev–Trinajstić information content (AvgIpc) is 2.91. The van der Waals surface area contributed by atoms with Gasteiger partial charge in [-0.1, -0.05) is 12.1 Å². The molecule has 0 saturated carbocycles. The van der Waals surface area contributed by atoms with E-state index in [9.17, 15) is 33.2 Å². The van der Waals surface area contributed by atoms with Gasteiger partial charge in [-0.25, -0.2) is 4.79 Å². The van der Waals surface area contributed by atoms with Crippen molar-refractivity contribution in [2.45, 2.75) is 29.7 Å². The van der Waals surface area contributed by atoms with E-state index in [4.69, 9.17) is 4.42 Å². The molecule has 0 saturated heterocycles. The van der Waals surface area contributed by atoms with Crippen molar-refractivity contribution in [2.24, 2.45) is 4.99 Å². The maximum atomic E-state index is 13.3. The van der Waals surface area contributed by atoms with Gasteiger partial charge in [0.2, 0.25) is 0 Å². The summed E-state index contributed by atoms with van der Waals surface area (Å²) in [4.78, 5) is 27.7. The van der Waals surface area contributed by atoms with Crippen molar-refractivity contribution in [1.82, 2.24) is 0 Å². The molecule has 7 nitrogen and oxygen atoms in total. The van der Waals surface area contributed by atoms with E-state index in [1.165, 1.54) is 43.0 Å². The highest BCUT2D eigenvalue weighted by atomic mass is 32.2. The number of non-ortho nitro benzene ring substituents is 1. The molecular formula is C22H15F3N2O5S. The van der Waals surface area contributed by atoms with Gasteiger partial charge in [-0.05, 0) is 30.7 Å². The summed E-state index contributed by atoms with van der Waals surface area (Å²) in [7, 11) is 0. The number of rotatable bonds is 3. The summed E-state index contributed by atoms with van der Waals surface area (Å²) in [6.45, 7) is 1.47. The largest absolute Gasteiger partial charge is 0.507 e. The van der Waals surface area contributed by atoms with E-state index in [1.54, 1.807) is 12.1 Å². The fourth-order valence-corrected chi connectivity index (χ4v) is 4.67. The highest BCUT2D eigenvalue weighted by molar-refractivity contribution is 7.99. The lowest BCUT2D eigenvalue weighted by Gasteiger charge is -2.16. The number of aliphatic imine (C=N–C) groups is 1. The highest BCUT2D eigenvalue weighted by Gasteiger charge is 2.33. The molecule has 0 amide bonds. The predicted octanol–water partition coefficient (Wildman–Crippen LogP) is 5.94. The number of hydrogen-bond donors (Lipinski definition) is 1. The number of nitro groups is 1. The molecule has 4 rings (SSSR count). The average molecular weight is 476 g/mol. The minimum atomic E-state index is -4.59. The number of nitro benzene ring substituents is 1. The van der Waals surface area contributed by atoms with E-state index in [0.29, 0.717) is 10.5 Å². The molecule has 0 radical (unpaired) electrons. The van der Waals surface area contributed by atoms with Crippen molar-refractivity contribution in [3.05, 3.63) is 91.5 Å². The van der Waals surface area contributed by atoms with E-state index >= 15 is 0 Å². The van der Waals surface area contributed by atoms with Gasteiger partial charge in [0.1, 0.15) is 17.1 Å². The third-order valence-corrected chi connectivity index (χ3v) is 6.33. The summed E-state index contributed by atoms with van der Waals surface area (Å²) in [5, 5.41) is 20.9. The van der Waals surface area contributed by atoms with Crippen molar-refractivity contribution in [3.63, 3.8) is 0 Å². The molecule has 1 N–H and O–H groups in total. The number of alkyl halides is 3. The number of halogens is 3. The number of thioether (sulfide) groups is 1. The van der Waals surface area contributed by atoms with E-state index in [-0.39, 0.29) is 34.8 Å². The molecule has 2 heterocycles. The van der Waals surface area contributed by atoms with Crippen LogP contribution in [-0.2, 0) is 6.18 Å². The van der Waals surface area contributed by atoms with Gasteiger partial charge < -0.3 is 9.52 Å². The maximum Gasteiger partial charge on any atom is 0.416 e. The van der Waals surface area contributed by atoms with Gasteiger partial charge in [0, 0.05) is 34.8 Å². The molecule has 33 heavy (non-hydrogen) atoms. The second-order valence-electron chi connectivity index (χ2n) is 7.30. The summed E-state index contributed by atoms with van der Waals surface area (Å²) in [6.07, 6.45) is -4.54. The molecule has 11 heteroatoms. The molecule has 0 aliphatic carbocycles. The molecule has 1 atom stereocenters. The SMILES string of the molecule is Cc1cc(O)c(C2=Nc3cc(C(F)(F)F)ccc3S[C@@H](c3ccc([N+](=O)[O-])cc3)C2)c(=O)o1. The number of benzene rings is 2. The molecule has 1 aromatic heterocycles. The van der Waals surface area contributed by atoms with Gasteiger partial charge in [0.05, 0.1) is 21.9 Å². The Hall–Kier alpha value is -3.60. The summed E-state index contributed by atoms with van der Waals surface area (Å²) in [6, 6.07) is 10.1. The van der Waals surface area contributed by atoms with Crippen molar-refractivity contribution >= 4 is 28.8 Å². The van der Waals surface area contributed by atoms with E-state index < -0.39 is 33.3 Å². The van der Waals surface area contributed by atoms with Crippen LogP contribution < -0.4 is 5.63 Å². The Balaban J connectivity index is 1.88. The lowest BCUT2D eigenvalue weighted by Crippen LogP contribution is -2.17. The van der Waals surface area contributed by atoms with Crippen molar-refractivity contribution in [1.29, 1.82) is 0 Å². The van der Waals surface area contributed by atoms with Gasteiger partial charge in [-0.15, -0.1) is 11.8 Å². The molecular weight excluding hydrogens is 461 g/mol. The highest BCUT2D eigenvalue weighted by Crippen LogP contribution is 2.47. The second kappa shape index (κ2) is 8.39. The molecule has 0 spiro atoms. The first-order valence-corrected chi connectivity index (χ1v) is 10.4. The van der Waals surface area contributed by atoms with Gasteiger partial charge in [-0.3, -0.25) is 15.1 Å². The van der Waals surface area contributed by atoms with E-state index in [1.807, 2.05) is 0 Å². The monoisotopic (exact) mass is 476 g/mol. The first-order valence-electron chi connectivity index (χ1n) is 9.57. The minimum Gasteiger partial charge on any atom is -0.507 e. The Morgan fingerprint density at radius 1 is 1.18 bits per heavy atom. The van der Waals surface area contributed by atoms with Crippen LogP contribution in [-0.4, -0.2) is 15.7 Å². The van der Waals surface area contributed by atoms with Crippen LogP contribution in [0.15, 0.2) is 67.6 Å². The van der Waals surface area contributed by atoms with Crippen molar-refractivity contribution in [3.8, 4) is 5.75 Å². The van der Waals surface area contributed by atoms with Crippen LogP contribution in [0.2, 0.25) is 0 Å². The molecule has 2 aromatic carbocycles. The van der Waals surface area contributed by atoms with Crippen molar-refractivity contribution < 1.29 is 27.6 Å². The van der Waals surface area contributed by atoms with Gasteiger partial charge in [-0.2, -0.15) is 13.2 Å². The van der Waals surface area contributed by atoms with Crippen LogP contribution in [0.3, 0.4) is 0 Å². The summed E-state index contributed by atoms with van der Waals surface area (Å²) in [5.41, 5.74) is -1.43. The lowest BCUT2D eigenvalue weighted by molar-refractivity contribution is -0.384. The normalized spacial score (nSPS) is 16.0. The molecule has 0 unspecified atom stereocenters. The van der Waals surface area contributed by atoms with Crippen LogP contribution in [0.25, 0.3) is 0 Å². The van der Waals surface area contributed by atoms with E-state index in [2.05, 4.69) is 4.99 Å². The van der Waals surface area contributed by atoms with Crippen LogP contribution in [0.4, 0.5) is 24.5 Å². The summed E-state index contributed by atoms with van der Waals surface area (Å²) < 4.78 is 44.9. The number of aryl methyl sites for hydroxylation is 1. The van der Waals surface area contributed by atoms with Crippen LogP contribution in [0.5, 0.6) is 5.75 Å². The van der Waals surface area contributed by atoms with Crippen LogP contribution in [0.1, 0.15) is 34.1 Å². The van der Waals surface area contributed by atoms with Crippen molar-refractivity contribution in [2.75, 3.05) is 0 Å². The number of fused-ring (bicyclic) bond motifs is 1. The summed E-state index contributed by atoms with van der Waals surface area (Å²) >= 11 is 1.21. The van der Waals surface area contributed by atoms with Gasteiger partial charge in [0.25, 0.3) is 5.69 Å². The predicted molar refractivity (Wildman–Crippen MR) is 115 cm³/mol. The fourth-order valence-electron chi connectivity index (χ4n) is 3.46. The second-order valence-corrected chi connectivity index (χ2v) is 8.55. The Bertz CT molecular complexity index is 1330. The number of hydrogen-bond acceptors (Lipinski definition) is 7. The molecule has 0 bridgehead atoms. The quantitative estimate of drug-likeness (QED) is 0.371. The third-order valence-electron chi connectivity index (χ3n) is 5.01. The standard InChI is InChI=1S/C22H15F3N2O5S/c1-11-8-17(28)20(21(29)32-11)16-10-19(12-2-5-14(6-3-12)27(30)31)33-18-7-4-13(22(23,24)25)9-15(18)26-16/h2-9,19,28H,10H2,1H3/t19-/m1/s1. The topological polar surface area (TPSA) is 106 Å². The molecule has 1 aliphatic rings. The zero-order chi connectivity index (χ0) is 23.9. The van der Waals surface area contributed by atoms with Crippen LogP contribution >= 0.6 is 11.8 Å². The fraction of sp³-hybridized carbons (Fsp3) is 0.182. The molecule has 170 valence electrons. The lowest BCUT2D eigenvalue weighted by atomic mass is 10.0. The maximum absolute atomic E-state index is 13.3. The zero-order valence-electron chi connectivity index (χ0n) is 16.9. The first kappa shape index (κ1) is 22.6. The third kappa shape index (κ3) is 4.63. The number of nitrogens with zero attached hydrogens (tertiary/aromatic N) is 2. The Morgan fingerprint density at radius 2 is 1.88 bits per heavy atom. The van der Waals surface area contributed by atoms with E-state index in [0.717, 1.165) is 12.1 Å².